The molecule has 0 bridgehead atoms. The molecule has 170 valence electrons. The summed E-state index contributed by atoms with van der Waals surface area (Å²) in [5, 5.41) is 16.0. The van der Waals surface area contributed by atoms with Crippen LogP contribution in [-0.2, 0) is 28.8 Å². The summed E-state index contributed by atoms with van der Waals surface area (Å²) in [4.78, 5) is 70.0. The topological polar surface area (TPSA) is 237 Å². The van der Waals surface area contributed by atoms with Crippen molar-refractivity contribution in [2.24, 2.45) is 17.2 Å². The zero-order chi connectivity index (χ0) is 23.3. The van der Waals surface area contributed by atoms with Crippen molar-refractivity contribution in [3.8, 4) is 0 Å². The Hall–Kier alpha value is -2.87. The van der Waals surface area contributed by atoms with Gasteiger partial charge in [0.05, 0.1) is 13.0 Å². The molecule has 0 aromatic carbocycles. The van der Waals surface area contributed by atoms with E-state index in [4.69, 9.17) is 22.3 Å². The van der Waals surface area contributed by atoms with Crippen LogP contribution < -0.4 is 33.2 Å². The number of rotatable bonds is 15. The molecule has 30 heavy (non-hydrogen) atoms. The van der Waals surface area contributed by atoms with Crippen molar-refractivity contribution in [1.29, 1.82) is 0 Å². The maximum Gasteiger partial charge on any atom is 0.326 e. The molecule has 0 fully saturated rings. The van der Waals surface area contributed by atoms with E-state index in [1.165, 1.54) is 11.8 Å². The van der Waals surface area contributed by atoms with Crippen molar-refractivity contribution < 1.29 is 33.9 Å². The van der Waals surface area contributed by atoms with Gasteiger partial charge in [-0.05, 0) is 24.9 Å². The normalized spacial score (nSPS) is 13.4. The smallest absolute Gasteiger partial charge is 0.326 e. The SMILES string of the molecule is CSCCC(NC(=O)CN)C(=O)NC(CCC(N)=O)C(=O)NC(CC(N)=O)C(=O)O. The van der Waals surface area contributed by atoms with E-state index in [2.05, 4.69) is 16.0 Å². The van der Waals surface area contributed by atoms with Gasteiger partial charge < -0.3 is 38.3 Å². The summed E-state index contributed by atoms with van der Waals surface area (Å²) < 4.78 is 0. The number of carboxylic acids is 1. The van der Waals surface area contributed by atoms with E-state index in [0.717, 1.165) is 0 Å². The summed E-state index contributed by atoms with van der Waals surface area (Å²) in [6.45, 7) is -0.345. The molecule has 0 aliphatic rings. The van der Waals surface area contributed by atoms with E-state index < -0.39 is 60.1 Å². The van der Waals surface area contributed by atoms with Gasteiger partial charge in [-0.3, -0.25) is 24.0 Å². The number of carbonyl (C=O) groups excluding carboxylic acids is 5. The average molecular weight is 449 g/mol. The molecular weight excluding hydrogens is 420 g/mol. The number of hydrogen-bond acceptors (Lipinski definition) is 8. The van der Waals surface area contributed by atoms with Gasteiger partial charge in [-0.1, -0.05) is 0 Å². The molecule has 0 rings (SSSR count). The number of aliphatic carboxylic acids is 1. The first-order chi connectivity index (χ1) is 14.0. The molecule has 0 aromatic rings. The lowest BCUT2D eigenvalue weighted by Crippen LogP contribution is -2.56. The van der Waals surface area contributed by atoms with Crippen LogP contribution in [0.2, 0.25) is 0 Å². The Balaban J connectivity index is 5.40. The second-order valence-electron chi connectivity index (χ2n) is 6.24. The number of amides is 5. The number of carboxylic acid groups (broad SMARTS) is 1. The minimum Gasteiger partial charge on any atom is -0.480 e. The van der Waals surface area contributed by atoms with Gasteiger partial charge in [-0.15, -0.1) is 0 Å². The van der Waals surface area contributed by atoms with Crippen molar-refractivity contribution >= 4 is 47.3 Å². The number of nitrogens with two attached hydrogens (primary N) is 3. The first kappa shape index (κ1) is 27.1. The minimum absolute atomic E-state index is 0.226. The first-order valence-corrected chi connectivity index (χ1v) is 10.3. The van der Waals surface area contributed by atoms with E-state index in [-0.39, 0.29) is 25.8 Å². The number of thioether (sulfide) groups is 1. The molecule has 0 heterocycles. The van der Waals surface area contributed by atoms with Crippen LogP contribution in [-0.4, -0.2) is 77.3 Å². The van der Waals surface area contributed by atoms with E-state index in [9.17, 15) is 28.8 Å². The quantitative estimate of drug-likeness (QED) is 0.131. The van der Waals surface area contributed by atoms with Gasteiger partial charge >= 0.3 is 5.97 Å². The fraction of sp³-hybridized carbons (Fsp3) is 0.625. The molecule has 3 unspecified atom stereocenters. The molecule has 13 nitrogen and oxygen atoms in total. The lowest BCUT2D eigenvalue weighted by Gasteiger charge is -2.24. The van der Waals surface area contributed by atoms with E-state index >= 15 is 0 Å². The third kappa shape index (κ3) is 11.2. The molecule has 0 saturated heterocycles. The average Bonchev–Trinajstić information content (AvgIpc) is 2.66. The number of carbonyl (C=O) groups is 6. The first-order valence-electron chi connectivity index (χ1n) is 8.90. The Morgan fingerprint density at radius 3 is 1.83 bits per heavy atom. The molecule has 0 radical (unpaired) electrons. The zero-order valence-corrected chi connectivity index (χ0v) is 17.3. The van der Waals surface area contributed by atoms with E-state index in [0.29, 0.717) is 5.75 Å². The molecule has 0 aliphatic carbocycles. The Bertz CT molecular complexity index is 660. The predicted molar refractivity (Wildman–Crippen MR) is 108 cm³/mol. The lowest BCUT2D eigenvalue weighted by molar-refractivity contribution is -0.144. The highest BCUT2D eigenvalue weighted by atomic mass is 32.2. The third-order valence-electron chi connectivity index (χ3n) is 3.78. The zero-order valence-electron chi connectivity index (χ0n) is 16.5. The third-order valence-corrected chi connectivity index (χ3v) is 4.42. The van der Waals surface area contributed by atoms with Gasteiger partial charge in [-0.2, -0.15) is 11.8 Å². The van der Waals surface area contributed by atoms with Crippen molar-refractivity contribution in [1.82, 2.24) is 16.0 Å². The molecule has 0 aromatic heterocycles. The van der Waals surface area contributed by atoms with Crippen LogP contribution in [0.4, 0.5) is 0 Å². The van der Waals surface area contributed by atoms with Crippen LogP contribution in [0.3, 0.4) is 0 Å². The van der Waals surface area contributed by atoms with Crippen LogP contribution in [0, 0.1) is 0 Å². The van der Waals surface area contributed by atoms with Gasteiger partial charge in [0.1, 0.15) is 18.1 Å². The molecular formula is C16H28N6O7S. The van der Waals surface area contributed by atoms with Crippen LogP contribution in [0.15, 0.2) is 0 Å². The fourth-order valence-corrected chi connectivity index (χ4v) is 2.73. The lowest BCUT2D eigenvalue weighted by atomic mass is 10.1. The highest BCUT2D eigenvalue weighted by molar-refractivity contribution is 7.98. The van der Waals surface area contributed by atoms with Gasteiger partial charge in [0, 0.05) is 6.42 Å². The maximum atomic E-state index is 12.6. The number of nitrogens with one attached hydrogen (secondary N) is 3. The standard InChI is InChI=1S/C16H28N6O7S/c1-30-5-4-9(20-13(25)7-17)15(27)21-8(2-3-11(18)23)14(26)22-10(16(28)29)6-12(19)24/h8-10H,2-7,17H2,1H3,(H2,18,23)(H2,19,24)(H,20,25)(H,21,27)(H,22,26)(H,28,29). The Labute approximate surface area is 177 Å². The maximum absolute atomic E-state index is 12.6. The van der Waals surface area contributed by atoms with Gasteiger partial charge in [0.25, 0.3) is 0 Å². The summed E-state index contributed by atoms with van der Waals surface area (Å²) >= 11 is 1.43. The van der Waals surface area contributed by atoms with Gasteiger partial charge in [-0.25, -0.2) is 4.79 Å². The van der Waals surface area contributed by atoms with Crippen molar-refractivity contribution in [2.75, 3.05) is 18.6 Å². The van der Waals surface area contributed by atoms with Gasteiger partial charge in [0.2, 0.25) is 29.5 Å². The van der Waals surface area contributed by atoms with Crippen LogP contribution in [0.5, 0.6) is 0 Å². The highest BCUT2D eigenvalue weighted by Gasteiger charge is 2.30. The summed E-state index contributed by atoms with van der Waals surface area (Å²) in [5.41, 5.74) is 15.3. The molecule has 3 atom stereocenters. The predicted octanol–water partition coefficient (Wildman–Crippen LogP) is -3.62. The Morgan fingerprint density at radius 1 is 0.867 bits per heavy atom. The van der Waals surface area contributed by atoms with Crippen LogP contribution >= 0.6 is 11.8 Å². The molecule has 10 N–H and O–H groups in total. The van der Waals surface area contributed by atoms with Crippen LogP contribution in [0.1, 0.15) is 25.7 Å². The van der Waals surface area contributed by atoms with Crippen molar-refractivity contribution in [3.05, 3.63) is 0 Å². The van der Waals surface area contributed by atoms with E-state index in [1.807, 2.05) is 0 Å². The summed E-state index contributed by atoms with van der Waals surface area (Å²) in [5.74, 6) is -4.95. The molecule has 14 heteroatoms. The molecule has 0 spiro atoms. The van der Waals surface area contributed by atoms with Gasteiger partial charge in [0.15, 0.2) is 0 Å². The summed E-state index contributed by atoms with van der Waals surface area (Å²) in [6.07, 6.45) is 0.864. The van der Waals surface area contributed by atoms with Crippen molar-refractivity contribution in [3.63, 3.8) is 0 Å². The number of hydrogen-bond donors (Lipinski definition) is 7. The Morgan fingerprint density at radius 2 is 1.40 bits per heavy atom. The van der Waals surface area contributed by atoms with E-state index in [1.54, 1.807) is 6.26 Å². The fourth-order valence-electron chi connectivity index (χ4n) is 2.26. The Kier molecular flexibility index (Phi) is 12.8. The number of primary amides is 2. The monoisotopic (exact) mass is 448 g/mol. The summed E-state index contributed by atoms with van der Waals surface area (Å²) in [6, 6.07) is -3.96. The van der Waals surface area contributed by atoms with Crippen LogP contribution in [0.25, 0.3) is 0 Å². The minimum atomic E-state index is -1.62. The summed E-state index contributed by atoms with van der Waals surface area (Å²) in [7, 11) is 0. The molecule has 0 aliphatic heterocycles. The molecule has 0 saturated carbocycles. The molecule has 5 amide bonds. The highest BCUT2D eigenvalue weighted by Crippen LogP contribution is 2.05. The second kappa shape index (κ2) is 14.2. The largest absolute Gasteiger partial charge is 0.480 e. The van der Waals surface area contributed by atoms with Crippen molar-refractivity contribution in [2.45, 2.75) is 43.8 Å². The second-order valence-corrected chi connectivity index (χ2v) is 7.23.